The first-order valence-corrected chi connectivity index (χ1v) is 4.16. The summed E-state index contributed by atoms with van der Waals surface area (Å²) < 4.78 is 1.94. The third-order valence-corrected chi connectivity index (χ3v) is 2.40. The Bertz CT molecular complexity index is 345. The van der Waals surface area contributed by atoms with E-state index in [0.29, 0.717) is 0 Å². The Hall–Kier alpha value is -0.870. The number of rotatable bonds is 1. The summed E-state index contributed by atoms with van der Waals surface area (Å²) in [6.07, 6.45) is 3.85. The average Bonchev–Trinajstić information content (AvgIpc) is 2.43. The minimum atomic E-state index is 0.0213. The Morgan fingerprint density at radius 1 is 1.64 bits per heavy atom. The van der Waals surface area contributed by atoms with Gasteiger partial charge < -0.3 is 5.11 Å². The molecule has 0 amide bonds. The fraction of sp³-hybridized carbons (Fsp3) is 0.286. The molecule has 0 saturated carbocycles. The number of aryl methyl sites for hydroxylation is 1. The van der Waals surface area contributed by atoms with Crippen LogP contribution in [0.2, 0.25) is 0 Å². The van der Waals surface area contributed by atoms with E-state index in [0.717, 1.165) is 10.7 Å². The van der Waals surface area contributed by atoms with Gasteiger partial charge in [0.15, 0.2) is 4.96 Å². The van der Waals surface area contributed by atoms with Crippen molar-refractivity contribution < 1.29 is 5.11 Å². The van der Waals surface area contributed by atoms with Gasteiger partial charge in [-0.25, -0.2) is 4.98 Å². The van der Waals surface area contributed by atoms with Crippen molar-refractivity contribution in [1.29, 1.82) is 0 Å². The summed E-state index contributed by atoms with van der Waals surface area (Å²) in [6, 6.07) is 0. The molecule has 0 unspecified atom stereocenters. The number of aliphatic hydroxyl groups is 1. The first-order valence-electron chi connectivity index (χ1n) is 3.34. The Morgan fingerprint density at radius 2 is 2.45 bits per heavy atom. The third kappa shape index (κ3) is 1.04. The molecule has 0 aliphatic heterocycles. The number of aliphatic hydroxyl groups excluding tert-OH is 1. The van der Waals surface area contributed by atoms with Crippen LogP contribution < -0.4 is 0 Å². The molecule has 0 atom stereocenters. The first kappa shape index (κ1) is 6.82. The lowest BCUT2D eigenvalue weighted by Crippen LogP contribution is -1.79. The molecule has 3 nitrogen and oxygen atoms in total. The molecule has 2 aromatic heterocycles. The highest BCUT2D eigenvalue weighted by atomic mass is 32.1. The summed E-state index contributed by atoms with van der Waals surface area (Å²) in [5, 5.41) is 8.76. The van der Waals surface area contributed by atoms with Crippen molar-refractivity contribution in [3.8, 4) is 0 Å². The second-order valence-electron chi connectivity index (χ2n) is 2.42. The van der Waals surface area contributed by atoms with Gasteiger partial charge in [-0.2, -0.15) is 0 Å². The van der Waals surface area contributed by atoms with Gasteiger partial charge in [-0.1, -0.05) is 0 Å². The topological polar surface area (TPSA) is 37.5 Å². The molecule has 2 heterocycles. The number of nitrogens with zero attached hydrogens (tertiary/aromatic N) is 2. The van der Waals surface area contributed by atoms with Gasteiger partial charge in [0.2, 0.25) is 0 Å². The van der Waals surface area contributed by atoms with Crippen molar-refractivity contribution in [2.24, 2.45) is 0 Å². The summed E-state index contributed by atoms with van der Waals surface area (Å²) in [5.41, 5.74) is 0.733. The molecule has 0 saturated heterocycles. The average molecular weight is 168 g/mol. The lowest BCUT2D eigenvalue weighted by atomic mass is 10.5. The smallest absolute Gasteiger partial charge is 0.194 e. The van der Waals surface area contributed by atoms with E-state index in [1.54, 1.807) is 11.3 Å². The van der Waals surface area contributed by atoms with Crippen LogP contribution in [0.3, 0.4) is 0 Å². The molecule has 0 fully saturated rings. The molecule has 58 valence electrons. The quantitative estimate of drug-likeness (QED) is 0.694. The first-order chi connectivity index (χ1) is 5.29. The van der Waals surface area contributed by atoms with Crippen LogP contribution in [0.5, 0.6) is 0 Å². The van der Waals surface area contributed by atoms with Gasteiger partial charge in [-0.05, 0) is 6.92 Å². The molecule has 0 radical (unpaired) electrons. The monoisotopic (exact) mass is 168 g/mol. The molecule has 2 aromatic rings. The molecule has 2 rings (SSSR count). The van der Waals surface area contributed by atoms with Crippen LogP contribution in [0, 0.1) is 6.92 Å². The van der Waals surface area contributed by atoms with Gasteiger partial charge in [0.1, 0.15) is 0 Å². The fourth-order valence-electron chi connectivity index (χ4n) is 1.04. The highest BCUT2D eigenvalue weighted by molar-refractivity contribution is 7.16. The minimum absolute atomic E-state index is 0.0213. The number of fused-ring (bicyclic) bond motifs is 1. The van der Waals surface area contributed by atoms with Gasteiger partial charge in [-0.3, -0.25) is 4.40 Å². The van der Waals surface area contributed by atoms with Crippen LogP contribution in [-0.4, -0.2) is 14.5 Å². The second-order valence-corrected chi connectivity index (χ2v) is 3.64. The molecule has 0 aromatic carbocycles. The summed E-state index contributed by atoms with van der Waals surface area (Å²) in [6.45, 7) is 2.06. The molecular weight excluding hydrogens is 160 g/mol. The molecular formula is C7H8N2OS. The molecule has 1 N–H and O–H groups in total. The standard InChI is InChI=1S/C7H8N2OS/c1-5-2-9-3-6(4-10)8-7(9)11-5/h2-3,10H,4H2,1H3. The molecule has 0 aliphatic carbocycles. The maximum absolute atomic E-state index is 8.76. The van der Waals surface area contributed by atoms with Crippen LogP contribution in [0.25, 0.3) is 4.96 Å². The largest absolute Gasteiger partial charge is 0.390 e. The molecule has 11 heavy (non-hydrogen) atoms. The van der Waals surface area contributed by atoms with Crippen molar-refractivity contribution in [3.05, 3.63) is 23.0 Å². The maximum Gasteiger partial charge on any atom is 0.194 e. The summed E-state index contributed by atoms with van der Waals surface area (Å²) in [7, 11) is 0. The maximum atomic E-state index is 8.76. The molecule has 0 bridgehead atoms. The molecule has 0 spiro atoms. The van der Waals surface area contributed by atoms with Gasteiger partial charge in [0.05, 0.1) is 12.3 Å². The van der Waals surface area contributed by atoms with Crippen molar-refractivity contribution >= 4 is 16.3 Å². The van der Waals surface area contributed by atoms with Crippen LogP contribution >= 0.6 is 11.3 Å². The highest BCUT2D eigenvalue weighted by Gasteiger charge is 2.01. The predicted molar refractivity (Wildman–Crippen MR) is 43.7 cm³/mol. The Balaban J connectivity index is 2.64. The third-order valence-electron chi connectivity index (χ3n) is 1.48. The highest BCUT2D eigenvalue weighted by Crippen LogP contribution is 2.16. The Labute approximate surface area is 67.9 Å². The zero-order valence-corrected chi connectivity index (χ0v) is 6.93. The van der Waals surface area contributed by atoms with E-state index < -0.39 is 0 Å². The van der Waals surface area contributed by atoms with E-state index in [2.05, 4.69) is 4.98 Å². The van der Waals surface area contributed by atoms with Gasteiger partial charge in [0, 0.05) is 17.3 Å². The number of imidazole rings is 1. The second kappa shape index (κ2) is 2.32. The lowest BCUT2D eigenvalue weighted by Gasteiger charge is -1.80. The van der Waals surface area contributed by atoms with Crippen molar-refractivity contribution in [3.63, 3.8) is 0 Å². The van der Waals surface area contributed by atoms with Crippen molar-refractivity contribution in [1.82, 2.24) is 9.38 Å². The SMILES string of the molecule is Cc1cn2cc(CO)nc2s1. The molecule has 4 heteroatoms. The normalized spacial score (nSPS) is 11.1. The lowest BCUT2D eigenvalue weighted by molar-refractivity contribution is 0.277. The van der Waals surface area contributed by atoms with E-state index in [1.807, 2.05) is 23.7 Å². The molecule has 0 aliphatic rings. The number of hydrogen-bond donors (Lipinski definition) is 1. The van der Waals surface area contributed by atoms with E-state index in [9.17, 15) is 0 Å². The number of thiazole rings is 1. The van der Waals surface area contributed by atoms with Crippen LogP contribution in [0.4, 0.5) is 0 Å². The summed E-state index contributed by atoms with van der Waals surface area (Å²) in [4.78, 5) is 6.37. The van der Waals surface area contributed by atoms with E-state index in [-0.39, 0.29) is 6.61 Å². The Morgan fingerprint density at radius 3 is 3.09 bits per heavy atom. The summed E-state index contributed by atoms with van der Waals surface area (Å²) in [5.74, 6) is 0. The van der Waals surface area contributed by atoms with Gasteiger partial charge in [-0.15, -0.1) is 11.3 Å². The van der Waals surface area contributed by atoms with Gasteiger partial charge >= 0.3 is 0 Å². The van der Waals surface area contributed by atoms with E-state index in [1.165, 1.54) is 4.88 Å². The summed E-state index contributed by atoms with van der Waals surface area (Å²) >= 11 is 1.63. The minimum Gasteiger partial charge on any atom is -0.390 e. The number of aromatic nitrogens is 2. The fourth-order valence-corrected chi connectivity index (χ4v) is 1.86. The zero-order chi connectivity index (χ0) is 7.84. The van der Waals surface area contributed by atoms with Gasteiger partial charge in [0.25, 0.3) is 0 Å². The Kier molecular flexibility index (Phi) is 1.44. The van der Waals surface area contributed by atoms with Crippen LogP contribution in [-0.2, 0) is 6.61 Å². The van der Waals surface area contributed by atoms with E-state index >= 15 is 0 Å². The number of hydrogen-bond acceptors (Lipinski definition) is 3. The van der Waals surface area contributed by atoms with E-state index in [4.69, 9.17) is 5.11 Å². The van der Waals surface area contributed by atoms with Crippen molar-refractivity contribution in [2.75, 3.05) is 0 Å². The van der Waals surface area contributed by atoms with Crippen LogP contribution in [0.15, 0.2) is 12.4 Å². The zero-order valence-electron chi connectivity index (χ0n) is 6.11. The van der Waals surface area contributed by atoms with Crippen molar-refractivity contribution in [2.45, 2.75) is 13.5 Å². The predicted octanol–water partition coefficient (Wildman–Crippen LogP) is 1.20. The van der Waals surface area contributed by atoms with Crippen LogP contribution in [0.1, 0.15) is 10.6 Å².